The Labute approximate surface area is 170 Å². The van der Waals surface area contributed by atoms with E-state index >= 15 is 0 Å². The number of nitrogens with one attached hydrogen (secondary N) is 1. The molecule has 0 spiro atoms. The van der Waals surface area contributed by atoms with Gasteiger partial charge in [0.2, 0.25) is 0 Å². The lowest BCUT2D eigenvalue weighted by Gasteiger charge is -2.36. The number of hydrogen-bond donors (Lipinski definition) is 1. The number of carbonyl (C=O) groups excluding carboxylic acids is 1. The smallest absolute Gasteiger partial charge is 0.256 e. The predicted molar refractivity (Wildman–Crippen MR) is 110 cm³/mol. The molecule has 1 aromatic heterocycles. The number of carbonyl (C=O) groups is 1. The van der Waals surface area contributed by atoms with Crippen molar-refractivity contribution in [2.45, 2.75) is 40.2 Å². The standard InChI is InChI=1S/C21H28ClFN4O/c1-13-9-14(2)11-26(10-13)12-15(3)24-21(28)19-16(4)25-27(20(19)22)18-7-5-17(23)6-8-18/h5-8,13-15H,9-12H2,1-4H3,(H,24,28)/t13-,14+,15-/m1/s1. The summed E-state index contributed by atoms with van der Waals surface area (Å²) < 4.78 is 14.6. The second kappa shape index (κ2) is 8.62. The van der Waals surface area contributed by atoms with Gasteiger partial charge in [-0.3, -0.25) is 4.79 Å². The number of likely N-dealkylation sites (tertiary alicyclic amines) is 1. The van der Waals surface area contributed by atoms with Gasteiger partial charge in [0.1, 0.15) is 11.0 Å². The van der Waals surface area contributed by atoms with Crippen LogP contribution in [0.4, 0.5) is 4.39 Å². The van der Waals surface area contributed by atoms with E-state index in [1.54, 1.807) is 19.1 Å². The maximum Gasteiger partial charge on any atom is 0.256 e. The number of amides is 1. The molecule has 5 nitrogen and oxygen atoms in total. The van der Waals surface area contributed by atoms with Crippen LogP contribution < -0.4 is 5.32 Å². The van der Waals surface area contributed by atoms with Crippen LogP contribution in [0, 0.1) is 24.6 Å². The average molecular weight is 407 g/mol. The third-order valence-corrected chi connectivity index (χ3v) is 5.51. The zero-order valence-corrected chi connectivity index (χ0v) is 17.6. The SMILES string of the molecule is Cc1nn(-c2ccc(F)cc2)c(Cl)c1C(=O)N[C@H](C)CN1C[C@H](C)C[C@H](C)C1. The van der Waals surface area contributed by atoms with Gasteiger partial charge in [-0.2, -0.15) is 5.10 Å². The Kier molecular flexibility index (Phi) is 6.40. The molecular weight excluding hydrogens is 379 g/mol. The highest BCUT2D eigenvalue weighted by atomic mass is 35.5. The molecule has 152 valence electrons. The number of aryl methyl sites for hydroxylation is 1. The Morgan fingerprint density at radius 2 is 1.89 bits per heavy atom. The van der Waals surface area contributed by atoms with Gasteiger partial charge in [0.05, 0.1) is 16.9 Å². The second-order valence-corrected chi connectivity index (χ2v) is 8.54. The second-order valence-electron chi connectivity index (χ2n) is 8.18. The Hall–Kier alpha value is -1.92. The number of nitrogens with zero attached hydrogens (tertiary/aromatic N) is 3. The Morgan fingerprint density at radius 3 is 2.50 bits per heavy atom. The van der Waals surface area contributed by atoms with Gasteiger partial charge in [-0.15, -0.1) is 0 Å². The predicted octanol–water partition coefficient (Wildman–Crippen LogP) is 4.07. The lowest BCUT2D eigenvalue weighted by atomic mass is 9.92. The van der Waals surface area contributed by atoms with Gasteiger partial charge in [0.15, 0.2) is 0 Å². The molecule has 3 atom stereocenters. The summed E-state index contributed by atoms with van der Waals surface area (Å²) in [6.07, 6.45) is 1.26. The number of aromatic nitrogens is 2. The summed E-state index contributed by atoms with van der Waals surface area (Å²) in [6, 6.07) is 5.83. The molecule has 1 fully saturated rings. The number of halogens is 2. The van der Waals surface area contributed by atoms with Crippen molar-refractivity contribution in [3.8, 4) is 5.69 Å². The topological polar surface area (TPSA) is 50.2 Å². The Morgan fingerprint density at radius 1 is 1.29 bits per heavy atom. The summed E-state index contributed by atoms with van der Waals surface area (Å²) in [5.74, 6) is 0.785. The molecule has 1 aliphatic heterocycles. The van der Waals surface area contributed by atoms with E-state index in [2.05, 4.69) is 29.2 Å². The van der Waals surface area contributed by atoms with Gasteiger partial charge >= 0.3 is 0 Å². The van der Waals surface area contributed by atoms with Gasteiger partial charge in [0.25, 0.3) is 5.91 Å². The quantitative estimate of drug-likeness (QED) is 0.814. The molecule has 0 radical (unpaired) electrons. The Bertz CT molecular complexity index is 826. The number of rotatable bonds is 5. The molecule has 1 aliphatic rings. The fraction of sp³-hybridized carbons (Fsp3) is 0.524. The summed E-state index contributed by atoms with van der Waals surface area (Å²) in [6.45, 7) is 11.2. The van der Waals surface area contributed by atoms with Crippen molar-refractivity contribution >= 4 is 17.5 Å². The molecule has 1 N–H and O–H groups in total. The normalized spacial score (nSPS) is 21.5. The largest absolute Gasteiger partial charge is 0.348 e. The van der Waals surface area contributed by atoms with E-state index < -0.39 is 0 Å². The molecule has 28 heavy (non-hydrogen) atoms. The summed E-state index contributed by atoms with van der Waals surface area (Å²) in [7, 11) is 0. The van der Waals surface area contributed by atoms with Crippen LogP contribution in [0.15, 0.2) is 24.3 Å². The summed E-state index contributed by atoms with van der Waals surface area (Å²) in [5.41, 5.74) is 1.51. The number of piperidine rings is 1. The maximum atomic E-state index is 13.2. The van der Waals surface area contributed by atoms with Crippen LogP contribution in [0.25, 0.3) is 5.69 Å². The first-order valence-electron chi connectivity index (χ1n) is 9.78. The van der Waals surface area contributed by atoms with Crippen molar-refractivity contribution in [2.24, 2.45) is 11.8 Å². The van der Waals surface area contributed by atoms with Crippen molar-refractivity contribution in [2.75, 3.05) is 19.6 Å². The fourth-order valence-electron chi connectivity index (χ4n) is 4.18. The van der Waals surface area contributed by atoms with E-state index in [0.29, 0.717) is 28.8 Å². The van der Waals surface area contributed by atoms with Gasteiger partial charge < -0.3 is 10.2 Å². The number of hydrogen-bond acceptors (Lipinski definition) is 3. The average Bonchev–Trinajstić information content (AvgIpc) is 2.89. The van der Waals surface area contributed by atoms with E-state index in [1.165, 1.54) is 23.2 Å². The van der Waals surface area contributed by atoms with Crippen LogP contribution in [-0.2, 0) is 0 Å². The molecule has 0 aliphatic carbocycles. The highest BCUT2D eigenvalue weighted by molar-refractivity contribution is 6.33. The van der Waals surface area contributed by atoms with Gasteiger partial charge in [-0.25, -0.2) is 9.07 Å². The minimum absolute atomic E-state index is 0.00496. The van der Waals surface area contributed by atoms with Crippen molar-refractivity contribution in [3.05, 3.63) is 46.5 Å². The molecule has 2 aromatic rings. The van der Waals surface area contributed by atoms with Crippen molar-refractivity contribution in [1.29, 1.82) is 0 Å². The zero-order valence-electron chi connectivity index (χ0n) is 16.9. The van der Waals surface area contributed by atoms with Crippen LogP contribution >= 0.6 is 11.6 Å². The number of benzene rings is 1. The first-order valence-corrected chi connectivity index (χ1v) is 10.2. The van der Waals surface area contributed by atoms with Crippen LogP contribution in [-0.4, -0.2) is 46.3 Å². The minimum Gasteiger partial charge on any atom is -0.348 e. The van der Waals surface area contributed by atoms with Crippen LogP contribution in [0.3, 0.4) is 0 Å². The highest BCUT2D eigenvalue weighted by Crippen LogP contribution is 2.24. The van der Waals surface area contributed by atoms with Crippen LogP contribution in [0.2, 0.25) is 5.15 Å². The first-order chi connectivity index (χ1) is 13.2. The third kappa shape index (κ3) is 4.73. The molecule has 1 amide bonds. The van der Waals surface area contributed by atoms with E-state index in [0.717, 1.165) is 19.6 Å². The lowest BCUT2D eigenvalue weighted by Crippen LogP contribution is -2.47. The molecule has 3 rings (SSSR count). The van der Waals surface area contributed by atoms with E-state index in [-0.39, 0.29) is 22.9 Å². The monoisotopic (exact) mass is 406 g/mol. The van der Waals surface area contributed by atoms with Crippen LogP contribution in [0.1, 0.15) is 43.2 Å². The van der Waals surface area contributed by atoms with Gasteiger partial charge in [-0.05, 0) is 56.4 Å². The molecule has 0 unspecified atom stereocenters. The van der Waals surface area contributed by atoms with Crippen molar-refractivity contribution in [3.63, 3.8) is 0 Å². The summed E-state index contributed by atoms with van der Waals surface area (Å²) >= 11 is 6.45. The molecule has 0 bridgehead atoms. The molecule has 1 saturated heterocycles. The summed E-state index contributed by atoms with van der Waals surface area (Å²) in [4.78, 5) is 15.3. The molecule has 2 heterocycles. The Balaban J connectivity index is 1.69. The first kappa shape index (κ1) is 20.8. The third-order valence-electron chi connectivity index (χ3n) is 5.16. The summed E-state index contributed by atoms with van der Waals surface area (Å²) in [5, 5.41) is 7.65. The minimum atomic E-state index is -0.336. The van der Waals surface area contributed by atoms with E-state index in [9.17, 15) is 9.18 Å². The lowest BCUT2D eigenvalue weighted by molar-refractivity contribution is 0.0904. The maximum absolute atomic E-state index is 13.2. The van der Waals surface area contributed by atoms with Crippen molar-refractivity contribution < 1.29 is 9.18 Å². The van der Waals surface area contributed by atoms with Crippen LogP contribution in [0.5, 0.6) is 0 Å². The molecule has 7 heteroatoms. The van der Waals surface area contributed by atoms with E-state index in [4.69, 9.17) is 11.6 Å². The van der Waals surface area contributed by atoms with Gasteiger partial charge in [0, 0.05) is 25.7 Å². The highest BCUT2D eigenvalue weighted by Gasteiger charge is 2.25. The van der Waals surface area contributed by atoms with Gasteiger partial charge in [-0.1, -0.05) is 25.4 Å². The molecular formula is C21H28ClFN4O. The molecule has 0 saturated carbocycles. The molecule has 1 aromatic carbocycles. The fourth-order valence-corrected chi connectivity index (χ4v) is 4.54. The van der Waals surface area contributed by atoms with E-state index in [1.807, 2.05) is 6.92 Å². The van der Waals surface area contributed by atoms with Crippen molar-refractivity contribution in [1.82, 2.24) is 20.0 Å². The zero-order chi connectivity index (χ0) is 20.4.